The number of ether oxygens (including phenoxy) is 1. The molecule has 1 aliphatic carbocycles. The highest BCUT2D eigenvalue weighted by Crippen LogP contribution is 2.21. The van der Waals surface area contributed by atoms with Gasteiger partial charge in [-0.15, -0.1) is 0 Å². The number of carbonyl (C=O) groups excluding carboxylic acids is 2. The molecule has 4 rings (SSSR count). The van der Waals surface area contributed by atoms with E-state index >= 15 is 0 Å². The molecule has 1 atom stereocenters. The first-order valence-electron chi connectivity index (χ1n) is 12.9. The van der Waals surface area contributed by atoms with Crippen LogP contribution in [0.25, 0.3) is 0 Å². The minimum atomic E-state index is -0.636. The Labute approximate surface area is 214 Å². The fraction of sp³-hybridized carbons (Fsp3) is 0.355. The van der Waals surface area contributed by atoms with E-state index in [4.69, 9.17) is 4.74 Å². The van der Waals surface area contributed by atoms with Crippen molar-refractivity contribution in [2.45, 2.75) is 64.6 Å². The quantitative estimate of drug-likeness (QED) is 0.420. The lowest BCUT2D eigenvalue weighted by Gasteiger charge is -2.32. The monoisotopic (exact) mass is 484 g/mol. The minimum Gasteiger partial charge on any atom is -0.484 e. The van der Waals surface area contributed by atoms with Gasteiger partial charge in [-0.2, -0.15) is 0 Å². The molecule has 0 radical (unpaired) electrons. The van der Waals surface area contributed by atoms with Crippen LogP contribution in [0.3, 0.4) is 0 Å². The van der Waals surface area contributed by atoms with Crippen LogP contribution in [0.5, 0.6) is 5.75 Å². The standard InChI is InChI=1S/C31H36N2O3/c1-23-15-17-26(18-16-23)21-33(30(34)22-36-28-14-8-9-24(2)19-28)29(20-25-10-4-3-5-11-25)31(35)32-27-12-6-7-13-27/h3-5,8-11,14-19,27,29H,6-7,12-13,20-22H2,1-2H3,(H,32,35)/t29-/m0/s1. The lowest BCUT2D eigenvalue weighted by Crippen LogP contribution is -2.53. The zero-order valence-electron chi connectivity index (χ0n) is 21.3. The molecule has 2 amide bonds. The van der Waals surface area contributed by atoms with E-state index in [1.165, 1.54) is 0 Å². The summed E-state index contributed by atoms with van der Waals surface area (Å²) in [7, 11) is 0. The molecule has 5 nitrogen and oxygen atoms in total. The Morgan fingerprint density at radius 2 is 1.61 bits per heavy atom. The highest BCUT2D eigenvalue weighted by molar-refractivity contribution is 5.88. The number of nitrogens with one attached hydrogen (secondary N) is 1. The summed E-state index contributed by atoms with van der Waals surface area (Å²) < 4.78 is 5.88. The third kappa shape index (κ3) is 7.20. The largest absolute Gasteiger partial charge is 0.484 e. The van der Waals surface area contributed by atoms with Crippen molar-refractivity contribution >= 4 is 11.8 Å². The Balaban J connectivity index is 1.60. The molecule has 0 unspecified atom stereocenters. The van der Waals surface area contributed by atoms with Crippen LogP contribution < -0.4 is 10.1 Å². The molecule has 0 saturated heterocycles. The van der Waals surface area contributed by atoms with Gasteiger partial charge in [-0.3, -0.25) is 9.59 Å². The minimum absolute atomic E-state index is 0.0956. The molecule has 36 heavy (non-hydrogen) atoms. The van der Waals surface area contributed by atoms with E-state index < -0.39 is 6.04 Å². The first-order valence-corrected chi connectivity index (χ1v) is 12.9. The van der Waals surface area contributed by atoms with E-state index in [9.17, 15) is 9.59 Å². The summed E-state index contributed by atoms with van der Waals surface area (Å²) in [5.74, 6) is 0.343. The van der Waals surface area contributed by atoms with Crippen molar-refractivity contribution in [3.05, 3.63) is 101 Å². The number of amides is 2. The van der Waals surface area contributed by atoms with Crippen LogP contribution in [0, 0.1) is 13.8 Å². The normalized spacial score (nSPS) is 14.3. The second-order valence-electron chi connectivity index (χ2n) is 9.81. The Bertz CT molecular complexity index is 1140. The molecule has 0 heterocycles. The predicted octanol–water partition coefficient (Wildman–Crippen LogP) is 5.38. The van der Waals surface area contributed by atoms with Crippen LogP contribution in [0.4, 0.5) is 0 Å². The highest BCUT2D eigenvalue weighted by atomic mass is 16.5. The zero-order valence-corrected chi connectivity index (χ0v) is 21.3. The van der Waals surface area contributed by atoms with Crippen LogP contribution in [-0.4, -0.2) is 35.4 Å². The van der Waals surface area contributed by atoms with Crippen molar-refractivity contribution in [1.29, 1.82) is 0 Å². The summed E-state index contributed by atoms with van der Waals surface area (Å²) in [5, 5.41) is 3.24. The number of aryl methyl sites for hydroxylation is 2. The third-order valence-corrected chi connectivity index (χ3v) is 6.80. The van der Waals surface area contributed by atoms with Crippen molar-refractivity contribution in [2.24, 2.45) is 0 Å². The maximum Gasteiger partial charge on any atom is 0.261 e. The van der Waals surface area contributed by atoms with E-state index in [1.54, 1.807) is 4.90 Å². The molecular weight excluding hydrogens is 448 g/mol. The Kier molecular flexibility index (Phi) is 8.77. The SMILES string of the molecule is Cc1ccc(CN(C(=O)COc2cccc(C)c2)[C@@H](Cc2ccccc2)C(=O)NC2CCCC2)cc1. The van der Waals surface area contributed by atoms with Crippen molar-refractivity contribution in [3.8, 4) is 5.75 Å². The summed E-state index contributed by atoms with van der Waals surface area (Å²) in [5.41, 5.74) is 4.22. The molecule has 5 heteroatoms. The van der Waals surface area contributed by atoms with Gasteiger partial charge in [0.1, 0.15) is 11.8 Å². The van der Waals surface area contributed by atoms with Crippen LogP contribution in [0.1, 0.15) is 47.9 Å². The molecule has 3 aromatic carbocycles. The third-order valence-electron chi connectivity index (χ3n) is 6.80. The molecule has 0 spiro atoms. The fourth-order valence-electron chi connectivity index (χ4n) is 4.74. The van der Waals surface area contributed by atoms with Crippen molar-refractivity contribution in [3.63, 3.8) is 0 Å². The van der Waals surface area contributed by atoms with Gasteiger partial charge >= 0.3 is 0 Å². The van der Waals surface area contributed by atoms with E-state index in [0.717, 1.165) is 47.9 Å². The zero-order chi connectivity index (χ0) is 25.3. The van der Waals surface area contributed by atoms with E-state index in [1.807, 2.05) is 92.7 Å². The van der Waals surface area contributed by atoms with Gasteiger partial charge in [0.05, 0.1) is 0 Å². The first kappa shape index (κ1) is 25.5. The molecule has 1 N–H and O–H groups in total. The van der Waals surface area contributed by atoms with Crippen LogP contribution >= 0.6 is 0 Å². The fourth-order valence-corrected chi connectivity index (χ4v) is 4.74. The number of nitrogens with zero attached hydrogens (tertiary/aromatic N) is 1. The molecule has 188 valence electrons. The molecule has 1 saturated carbocycles. The number of hydrogen-bond donors (Lipinski definition) is 1. The average Bonchev–Trinajstić information content (AvgIpc) is 3.39. The summed E-state index contributed by atoms with van der Waals surface area (Å²) in [6, 6.07) is 25.2. The van der Waals surface area contributed by atoms with Gasteiger partial charge in [0.2, 0.25) is 5.91 Å². The van der Waals surface area contributed by atoms with Gasteiger partial charge in [0.15, 0.2) is 6.61 Å². The van der Waals surface area contributed by atoms with Gasteiger partial charge in [0, 0.05) is 19.0 Å². The van der Waals surface area contributed by atoms with E-state index in [2.05, 4.69) is 5.32 Å². The Morgan fingerprint density at radius 1 is 0.889 bits per heavy atom. The summed E-state index contributed by atoms with van der Waals surface area (Å²) in [6.45, 7) is 4.24. The van der Waals surface area contributed by atoms with Crippen molar-refractivity contribution in [2.75, 3.05) is 6.61 Å². The highest BCUT2D eigenvalue weighted by Gasteiger charge is 2.32. The lowest BCUT2D eigenvalue weighted by molar-refractivity contribution is -0.143. The number of carbonyl (C=O) groups is 2. The van der Waals surface area contributed by atoms with Crippen LogP contribution in [0.15, 0.2) is 78.9 Å². The van der Waals surface area contributed by atoms with Crippen molar-refractivity contribution < 1.29 is 14.3 Å². The molecule has 1 fully saturated rings. The maximum atomic E-state index is 13.7. The van der Waals surface area contributed by atoms with Crippen LogP contribution in [0.2, 0.25) is 0 Å². The molecular formula is C31H36N2O3. The number of rotatable bonds is 10. The Morgan fingerprint density at radius 3 is 2.31 bits per heavy atom. The average molecular weight is 485 g/mol. The summed E-state index contributed by atoms with van der Waals surface area (Å²) >= 11 is 0. The lowest BCUT2D eigenvalue weighted by atomic mass is 10.0. The topological polar surface area (TPSA) is 58.6 Å². The van der Waals surface area contributed by atoms with Crippen molar-refractivity contribution in [1.82, 2.24) is 10.2 Å². The molecule has 0 aromatic heterocycles. The second-order valence-corrected chi connectivity index (χ2v) is 9.81. The van der Waals surface area contributed by atoms with Gasteiger partial charge in [0.25, 0.3) is 5.91 Å². The molecule has 1 aliphatic rings. The number of hydrogen-bond acceptors (Lipinski definition) is 3. The number of benzene rings is 3. The molecule has 3 aromatic rings. The smallest absolute Gasteiger partial charge is 0.261 e. The maximum absolute atomic E-state index is 13.7. The van der Waals surface area contributed by atoms with Gasteiger partial charge < -0.3 is 15.0 Å². The van der Waals surface area contributed by atoms with Gasteiger partial charge in [-0.05, 0) is 55.5 Å². The predicted molar refractivity (Wildman–Crippen MR) is 143 cm³/mol. The summed E-state index contributed by atoms with van der Waals surface area (Å²) in [6.07, 6.45) is 4.69. The second kappa shape index (κ2) is 12.4. The first-order chi connectivity index (χ1) is 17.5. The summed E-state index contributed by atoms with van der Waals surface area (Å²) in [4.78, 5) is 29.0. The van der Waals surface area contributed by atoms with E-state index in [-0.39, 0.29) is 24.5 Å². The molecule has 0 aliphatic heterocycles. The van der Waals surface area contributed by atoms with Gasteiger partial charge in [-0.25, -0.2) is 0 Å². The molecule has 0 bridgehead atoms. The van der Waals surface area contributed by atoms with Gasteiger partial charge in [-0.1, -0.05) is 85.1 Å². The van der Waals surface area contributed by atoms with Crippen LogP contribution in [-0.2, 0) is 22.6 Å². The Hall–Kier alpha value is -3.60. The van der Waals surface area contributed by atoms with E-state index in [0.29, 0.717) is 18.7 Å².